The third kappa shape index (κ3) is 7.26. The normalized spacial score (nSPS) is 35.9. The van der Waals surface area contributed by atoms with Crippen LogP contribution in [0.4, 0.5) is 0 Å². The van der Waals surface area contributed by atoms with E-state index in [1.165, 1.54) is 37.2 Å². The molecule has 1 spiro atoms. The molecule has 2 N–H and O–H groups in total. The lowest BCUT2D eigenvalue weighted by Crippen LogP contribution is -2.57. The Labute approximate surface area is 288 Å². The molecule has 0 radical (unpaired) electrons. The molecule has 0 amide bonds. The molecule has 1 unspecified atom stereocenters. The Balaban J connectivity index is 1.60. The van der Waals surface area contributed by atoms with Crippen LogP contribution in [0.2, 0.25) is 18.1 Å². The van der Waals surface area contributed by atoms with E-state index in [2.05, 4.69) is 30.7 Å². The van der Waals surface area contributed by atoms with Crippen molar-refractivity contribution in [1.29, 1.82) is 0 Å². The predicted molar refractivity (Wildman–Crippen MR) is 181 cm³/mol. The lowest BCUT2D eigenvalue weighted by molar-refractivity contribution is -0.122. The number of hydrogen-bond acceptors (Lipinski definition) is 14. The lowest BCUT2D eigenvalue weighted by atomic mass is 9.95. The Kier molecular flexibility index (Phi) is 11.0. The van der Waals surface area contributed by atoms with Gasteiger partial charge in [0.1, 0.15) is 30.0 Å². The molecule has 0 bridgehead atoms. The van der Waals surface area contributed by atoms with Crippen LogP contribution in [0.5, 0.6) is 0 Å². The van der Waals surface area contributed by atoms with Gasteiger partial charge in [-0.25, -0.2) is 14.2 Å². The van der Waals surface area contributed by atoms with E-state index >= 15 is 0 Å². The van der Waals surface area contributed by atoms with E-state index in [0.717, 1.165) is 17.7 Å². The van der Waals surface area contributed by atoms with E-state index < -0.39 is 99.7 Å². The van der Waals surface area contributed by atoms with Gasteiger partial charge in [0.05, 0.1) is 19.3 Å². The topological polar surface area (TPSA) is 213 Å². The summed E-state index contributed by atoms with van der Waals surface area (Å²) in [6, 6.07) is 2.35. The highest BCUT2D eigenvalue weighted by molar-refractivity contribution is 7.48. The van der Waals surface area contributed by atoms with Gasteiger partial charge in [-0.3, -0.25) is 47.3 Å². The summed E-state index contributed by atoms with van der Waals surface area (Å²) in [5.74, 6) is -0.543. The first-order valence-corrected chi connectivity index (χ1v) is 20.4. The smallest absolute Gasteiger partial charge is 0.408 e. The number of nitrogens with one attached hydrogen (secondary N) is 2. The molecule has 50 heavy (non-hydrogen) atoms. The van der Waals surface area contributed by atoms with Gasteiger partial charge in [0.15, 0.2) is 20.8 Å². The Hall–Kier alpha value is -2.84. The number of hydrogen-bond donors (Lipinski definition) is 2. The molecule has 0 aromatic carbocycles. The lowest BCUT2D eigenvalue weighted by Gasteiger charge is -2.43. The standard InChI is InChI=1S/C30H46N5O13PSi/c1-17-14-31-15-30(24(48-50(8,9)29(2,3)4)23(42-6)26(46-30)35-13-11-19(37)33-28(35)39)16-44-49(40,43-7)47-21-20(17)45-25(22(21)41-5)34-12-10-18(36)32-27(34)38/h10-14,17,20-26H,15-16H2,1-9H3,(H,32,36,38)(H,33,37,39)/b31-14+/t17-,20+,21+,22+,23+,24-,25+,26+,30+,49?/m0/s1. The van der Waals surface area contributed by atoms with Crippen molar-refractivity contribution in [1.82, 2.24) is 19.1 Å². The number of rotatable bonds is 7. The molecule has 20 heteroatoms. The van der Waals surface area contributed by atoms with Gasteiger partial charge in [0, 0.05) is 58.0 Å². The zero-order valence-corrected chi connectivity index (χ0v) is 31.4. The Morgan fingerprint density at radius 1 is 0.940 bits per heavy atom. The van der Waals surface area contributed by atoms with E-state index in [1.807, 2.05) is 13.1 Å². The van der Waals surface area contributed by atoms with Crippen LogP contribution in [0.15, 0.2) is 48.7 Å². The van der Waals surface area contributed by atoms with Gasteiger partial charge in [0.25, 0.3) is 11.1 Å². The predicted octanol–water partition coefficient (Wildman–Crippen LogP) is 1.55. The number of aromatic nitrogens is 4. The number of nitrogens with zero attached hydrogens (tertiary/aromatic N) is 3. The molecule has 0 saturated carbocycles. The highest BCUT2D eigenvalue weighted by atomic mass is 31.2. The van der Waals surface area contributed by atoms with Gasteiger partial charge in [0.2, 0.25) is 0 Å². The van der Waals surface area contributed by atoms with Gasteiger partial charge < -0.3 is 23.4 Å². The van der Waals surface area contributed by atoms with Crippen molar-refractivity contribution in [2.24, 2.45) is 10.9 Å². The van der Waals surface area contributed by atoms with E-state index in [-0.39, 0.29) is 11.6 Å². The third-order valence-corrected chi connectivity index (χ3v) is 15.7. The molecule has 10 atom stereocenters. The first-order chi connectivity index (χ1) is 23.4. The van der Waals surface area contributed by atoms with Crippen LogP contribution < -0.4 is 22.5 Å². The van der Waals surface area contributed by atoms with Crippen molar-refractivity contribution < 1.29 is 41.5 Å². The summed E-state index contributed by atoms with van der Waals surface area (Å²) in [6.07, 6.45) is -2.92. The number of ether oxygens (including phenoxy) is 4. The fraction of sp³-hybridized carbons (Fsp3) is 0.700. The average Bonchev–Trinajstić information content (AvgIpc) is 3.53. The van der Waals surface area contributed by atoms with Crippen LogP contribution in [-0.4, -0.2) is 104 Å². The summed E-state index contributed by atoms with van der Waals surface area (Å²) in [6.45, 7) is 11.5. The maximum atomic E-state index is 14.4. The number of H-pyrrole nitrogens is 2. The summed E-state index contributed by atoms with van der Waals surface area (Å²) in [7, 11) is -3.12. The van der Waals surface area contributed by atoms with Gasteiger partial charge in [-0.15, -0.1) is 0 Å². The summed E-state index contributed by atoms with van der Waals surface area (Å²) in [5.41, 5.74) is -4.19. The maximum Gasteiger partial charge on any atom is 0.475 e. The average molecular weight is 744 g/mol. The molecule has 3 aliphatic heterocycles. The summed E-state index contributed by atoms with van der Waals surface area (Å²) in [4.78, 5) is 58.7. The molecule has 278 valence electrons. The Bertz CT molecular complexity index is 1850. The molecule has 5 rings (SSSR count). The second-order valence-corrected chi connectivity index (χ2v) is 20.6. The molecule has 3 aliphatic rings. The van der Waals surface area contributed by atoms with Crippen LogP contribution in [0.3, 0.4) is 0 Å². The fourth-order valence-corrected chi connectivity index (χ4v) is 8.60. The van der Waals surface area contributed by atoms with Gasteiger partial charge in [-0.2, -0.15) is 0 Å². The minimum Gasteiger partial charge on any atom is -0.408 e. The van der Waals surface area contributed by atoms with Gasteiger partial charge in [-0.1, -0.05) is 27.7 Å². The first kappa shape index (κ1) is 38.4. The van der Waals surface area contributed by atoms with E-state index in [0.29, 0.717) is 0 Å². The van der Waals surface area contributed by atoms with Crippen LogP contribution in [0.1, 0.15) is 40.2 Å². The maximum absolute atomic E-state index is 14.4. The monoisotopic (exact) mass is 743 g/mol. The zero-order valence-electron chi connectivity index (χ0n) is 29.5. The summed E-state index contributed by atoms with van der Waals surface area (Å²) >= 11 is 0. The van der Waals surface area contributed by atoms with E-state index in [4.69, 9.17) is 41.9 Å². The minimum atomic E-state index is -4.48. The second kappa shape index (κ2) is 14.3. The van der Waals surface area contributed by atoms with Crippen LogP contribution in [-0.2, 0) is 41.5 Å². The number of fused-ring (bicyclic) bond motifs is 1. The van der Waals surface area contributed by atoms with Crippen LogP contribution in [0.25, 0.3) is 0 Å². The molecule has 2 aromatic heterocycles. The van der Waals surface area contributed by atoms with Crippen molar-refractivity contribution in [2.75, 3.05) is 34.5 Å². The molecule has 0 aliphatic carbocycles. The summed E-state index contributed by atoms with van der Waals surface area (Å²) < 4.78 is 65.9. The highest BCUT2D eigenvalue weighted by Gasteiger charge is 2.61. The Morgan fingerprint density at radius 3 is 2.04 bits per heavy atom. The number of aliphatic imine (C=N–C) groups is 1. The number of phosphoric ester groups is 1. The largest absolute Gasteiger partial charge is 0.475 e. The van der Waals surface area contributed by atoms with Gasteiger partial charge >= 0.3 is 19.2 Å². The number of phosphoric acid groups is 1. The van der Waals surface area contributed by atoms with E-state index in [9.17, 15) is 23.7 Å². The number of aromatic amines is 2. The first-order valence-electron chi connectivity index (χ1n) is 16.1. The van der Waals surface area contributed by atoms with Crippen molar-refractivity contribution in [3.8, 4) is 0 Å². The zero-order chi connectivity index (χ0) is 36.8. The SMILES string of the molecule is CO[C@@H]1[C@@H]2OP(=O)(OC)OC[C@@]3(C/N=C/[C@H](C)[C@H]2O[C@H]1n1ccc(=O)[nH]c1=O)O[C@@H](n1ccc(=O)[nH]c1=O)[C@H](OC)[C@@H]3O[Si](C)(C)C(C)(C)C. The van der Waals surface area contributed by atoms with Crippen molar-refractivity contribution >= 4 is 22.4 Å². The number of methoxy groups -OCH3 is 2. The van der Waals surface area contributed by atoms with Gasteiger partial charge in [-0.05, 0) is 18.1 Å². The summed E-state index contributed by atoms with van der Waals surface area (Å²) in [5, 5.41) is -0.273. The minimum absolute atomic E-state index is 0.122. The molecule has 18 nitrogen and oxygen atoms in total. The van der Waals surface area contributed by atoms with E-state index in [1.54, 1.807) is 13.1 Å². The second-order valence-electron chi connectivity index (χ2n) is 14.1. The quantitative estimate of drug-likeness (QED) is 0.305. The molecular weight excluding hydrogens is 697 g/mol. The molecule has 2 aromatic rings. The van der Waals surface area contributed by atoms with Crippen molar-refractivity contribution in [3.05, 3.63) is 66.2 Å². The van der Waals surface area contributed by atoms with Crippen LogP contribution in [0, 0.1) is 5.92 Å². The molecular formula is C30H46N5O13PSi. The Morgan fingerprint density at radius 2 is 1.52 bits per heavy atom. The highest BCUT2D eigenvalue weighted by Crippen LogP contribution is 2.56. The van der Waals surface area contributed by atoms with Crippen LogP contribution >= 0.6 is 7.82 Å². The fourth-order valence-electron chi connectivity index (χ4n) is 6.10. The molecule has 2 saturated heterocycles. The molecule has 5 heterocycles. The van der Waals surface area contributed by atoms with Crippen molar-refractivity contribution in [2.45, 2.75) is 94.4 Å². The molecule has 2 fully saturated rings. The van der Waals surface area contributed by atoms with Crippen molar-refractivity contribution in [3.63, 3.8) is 0 Å². The third-order valence-electron chi connectivity index (χ3n) is 9.86.